The minimum Gasteiger partial charge on any atom is -0.365 e. The van der Waals surface area contributed by atoms with Gasteiger partial charge in [0.25, 0.3) is 5.91 Å². The van der Waals surface area contributed by atoms with Crippen molar-refractivity contribution < 1.29 is 4.79 Å². The molecule has 0 unspecified atom stereocenters. The summed E-state index contributed by atoms with van der Waals surface area (Å²) in [6.45, 7) is 0. The molecule has 0 bridgehead atoms. The van der Waals surface area contributed by atoms with Crippen molar-refractivity contribution in [1.29, 1.82) is 10.5 Å². The Hall–Kier alpha value is -3.62. The van der Waals surface area contributed by atoms with Crippen LogP contribution in [0.2, 0.25) is 0 Å². The molecule has 1 fully saturated rings. The third kappa shape index (κ3) is 4.20. The van der Waals surface area contributed by atoms with Gasteiger partial charge in [-0.1, -0.05) is 18.9 Å². The van der Waals surface area contributed by atoms with Gasteiger partial charge in [0.1, 0.15) is 17.7 Å². The Labute approximate surface area is 163 Å². The van der Waals surface area contributed by atoms with Gasteiger partial charge < -0.3 is 22.1 Å². The third-order valence-electron chi connectivity index (χ3n) is 4.80. The van der Waals surface area contributed by atoms with Crippen LogP contribution in [0.25, 0.3) is 0 Å². The van der Waals surface area contributed by atoms with Crippen molar-refractivity contribution in [3.05, 3.63) is 47.0 Å². The lowest BCUT2D eigenvalue weighted by molar-refractivity contribution is 0.100. The van der Waals surface area contributed by atoms with E-state index in [4.69, 9.17) is 16.7 Å². The number of carbonyl (C=O) groups is 1. The summed E-state index contributed by atoms with van der Waals surface area (Å²) in [5.41, 5.74) is 13.0. The van der Waals surface area contributed by atoms with Crippen molar-refractivity contribution in [3.8, 4) is 12.1 Å². The molecule has 1 aliphatic carbocycles. The van der Waals surface area contributed by atoms with Gasteiger partial charge in [0.2, 0.25) is 0 Å². The molecular weight excluding hydrogens is 354 g/mol. The first-order valence-electron chi connectivity index (χ1n) is 9.06. The van der Waals surface area contributed by atoms with Gasteiger partial charge in [0, 0.05) is 17.8 Å². The molecule has 1 amide bonds. The molecule has 1 heterocycles. The smallest absolute Gasteiger partial charge is 0.252 e. The van der Waals surface area contributed by atoms with Crippen LogP contribution in [0, 0.1) is 22.7 Å². The highest BCUT2D eigenvalue weighted by Crippen LogP contribution is 2.27. The van der Waals surface area contributed by atoms with E-state index in [1.807, 2.05) is 0 Å². The summed E-state index contributed by atoms with van der Waals surface area (Å²) >= 11 is 0. The Morgan fingerprint density at radius 2 is 1.93 bits per heavy atom. The highest BCUT2D eigenvalue weighted by molar-refractivity contribution is 5.99. The van der Waals surface area contributed by atoms with Gasteiger partial charge in [-0.2, -0.15) is 10.5 Å². The summed E-state index contributed by atoms with van der Waals surface area (Å²) in [6.07, 6.45) is 3.93. The van der Waals surface area contributed by atoms with Crippen molar-refractivity contribution in [2.45, 2.75) is 37.8 Å². The number of aromatic nitrogens is 1. The van der Waals surface area contributed by atoms with E-state index in [0.717, 1.165) is 25.7 Å². The lowest BCUT2D eigenvalue weighted by Crippen LogP contribution is -2.43. The molecule has 6 N–H and O–H groups in total. The van der Waals surface area contributed by atoms with Crippen LogP contribution in [-0.2, 0) is 0 Å². The van der Waals surface area contributed by atoms with Crippen LogP contribution in [-0.4, -0.2) is 23.0 Å². The quantitative estimate of drug-likeness (QED) is 0.625. The number of amides is 1. The van der Waals surface area contributed by atoms with Crippen molar-refractivity contribution >= 4 is 23.2 Å². The number of hydrogen-bond acceptors (Lipinski definition) is 7. The Morgan fingerprint density at radius 3 is 2.61 bits per heavy atom. The van der Waals surface area contributed by atoms with Crippen LogP contribution >= 0.6 is 0 Å². The number of anilines is 3. The summed E-state index contributed by atoms with van der Waals surface area (Å²) in [5.74, 6) is -0.133. The summed E-state index contributed by atoms with van der Waals surface area (Å²) in [5, 5.41) is 24.9. The number of primary amides is 1. The maximum absolute atomic E-state index is 11.9. The minimum absolute atomic E-state index is 0.00236. The molecule has 1 saturated carbocycles. The van der Waals surface area contributed by atoms with Gasteiger partial charge >= 0.3 is 0 Å². The second kappa shape index (κ2) is 8.38. The maximum Gasteiger partial charge on any atom is 0.252 e. The lowest BCUT2D eigenvalue weighted by Gasteiger charge is -2.30. The van der Waals surface area contributed by atoms with E-state index in [1.165, 1.54) is 6.07 Å². The van der Waals surface area contributed by atoms with E-state index in [9.17, 15) is 10.1 Å². The number of carbonyl (C=O) groups excluding carboxylic acids is 1. The highest BCUT2D eigenvalue weighted by Gasteiger charge is 2.24. The largest absolute Gasteiger partial charge is 0.365 e. The second-order valence-corrected chi connectivity index (χ2v) is 6.77. The second-order valence-electron chi connectivity index (χ2n) is 6.77. The predicted molar refractivity (Wildman–Crippen MR) is 106 cm³/mol. The van der Waals surface area contributed by atoms with Gasteiger partial charge in [0.05, 0.1) is 22.8 Å². The molecular formula is C20H21N7O. The normalized spacial score (nSPS) is 18.5. The first-order valence-corrected chi connectivity index (χ1v) is 9.06. The first kappa shape index (κ1) is 19.2. The van der Waals surface area contributed by atoms with E-state index < -0.39 is 5.91 Å². The molecule has 3 rings (SSSR count). The first-order chi connectivity index (χ1) is 13.5. The van der Waals surface area contributed by atoms with Crippen molar-refractivity contribution in [2.24, 2.45) is 11.5 Å². The molecule has 2 aromatic rings. The van der Waals surface area contributed by atoms with Crippen LogP contribution in [0.4, 0.5) is 17.3 Å². The van der Waals surface area contributed by atoms with Gasteiger partial charge in [-0.15, -0.1) is 0 Å². The Bertz CT molecular complexity index is 973. The predicted octanol–water partition coefficient (Wildman–Crippen LogP) is 2.35. The minimum atomic E-state index is -0.705. The summed E-state index contributed by atoms with van der Waals surface area (Å²) in [6, 6.07) is 12.3. The van der Waals surface area contributed by atoms with Crippen molar-refractivity contribution in [2.75, 3.05) is 10.6 Å². The standard InChI is InChI=1S/C20H21N7O/c21-10-12-4-3-5-14(8-12)25-20-15(18(24)28)9-13(11-22)19(27-20)26-17-7-2-1-6-16(17)23/h3-5,8-9,16-17H,1-2,6-7,23H2,(H2,24,28)(H2,25,26,27)/t16-,17+/m0/s1. The lowest BCUT2D eigenvalue weighted by atomic mass is 9.91. The number of rotatable bonds is 5. The zero-order chi connectivity index (χ0) is 20.1. The van der Waals surface area contributed by atoms with Crippen LogP contribution in [0.3, 0.4) is 0 Å². The SMILES string of the molecule is N#Cc1cccc(Nc2nc(N[C@@H]3CCCC[C@@H]3N)c(C#N)cc2C(N)=O)c1. The Kier molecular flexibility index (Phi) is 5.73. The average molecular weight is 375 g/mol. The van der Waals surface area contributed by atoms with Crippen LogP contribution in [0.15, 0.2) is 30.3 Å². The van der Waals surface area contributed by atoms with Gasteiger partial charge in [0.15, 0.2) is 0 Å². The number of nitrogens with two attached hydrogens (primary N) is 2. The van der Waals surface area contributed by atoms with Gasteiger partial charge in [-0.3, -0.25) is 4.79 Å². The maximum atomic E-state index is 11.9. The molecule has 0 radical (unpaired) electrons. The monoisotopic (exact) mass is 375 g/mol. The number of nitrogens with one attached hydrogen (secondary N) is 2. The van der Waals surface area contributed by atoms with E-state index >= 15 is 0 Å². The molecule has 8 nitrogen and oxygen atoms in total. The van der Waals surface area contributed by atoms with Gasteiger partial charge in [-0.05, 0) is 37.1 Å². The summed E-state index contributed by atoms with van der Waals surface area (Å²) in [4.78, 5) is 16.4. The van der Waals surface area contributed by atoms with E-state index in [1.54, 1.807) is 24.3 Å². The average Bonchev–Trinajstić information content (AvgIpc) is 2.70. The molecule has 8 heteroatoms. The topological polar surface area (TPSA) is 154 Å². The molecule has 28 heavy (non-hydrogen) atoms. The molecule has 1 aromatic heterocycles. The molecule has 0 aliphatic heterocycles. The fourth-order valence-electron chi connectivity index (χ4n) is 3.31. The van der Waals surface area contributed by atoms with E-state index in [0.29, 0.717) is 17.1 Å². The Morgan fingerprint density at radius 1 is 1.14 bits per heavy atom. The number of nitriles is 2. The number of benzene rings is 1. The molecule has 142 valence electrons. The molecule has 2 atom stereocenters. The fraction of sp³-hybridized carbons (Fsp3) is 0.300. The zero-order valence-corrected chi connectivity index (χ0v) is 15.3. The molecule has 1 aromatic carbocycles. The zero-order valence-electron chi connectivity index (χ0n) is 15.3. The number of nitrogens with zero attached hydrogens (tertiary/aromatic N) is 3. The third-order valence-corrected chi connectivity index (χ3v) is 4.80. The number of hydrogen-bond donors (Lipinski definition) is 4. The molecule has 0 spiro atoms. The highest BCUT2D eigenvalue weighted by atomic mass is 16.1. The van der Waals surface area contributed by atoms with Gasteiger partial charge in [-0.25, -0.2) is 4.98 Å². The van der Waals surface area contributed by atoms with E-state index in [2.05, 4.69) is 27.8 Å². The summed E-state index contributed by atoms with van der Waals surface area (Å²) < 4.78 is 0. The van der Waals surface area contributed by atoms with Crippen LogP contribution in [0.5, 0.6) is 0 Å². The Balaban J connectivity index is 1.98. The fourth-order valence-corrected chi connectivity index (χ4v) is 3.31. The van der Waals surface area contributed by atoms with Crippen molar-refractivity contribution in [1.82, 2.24) is 4.98 Å². The summed E-state index contributed by atoms with van der Waals surface area (Å²) in [7, 11) is 0. The van der Waals surface area contributed by atoms with Crippen LogP contribution in [0.1, 0.15) is 47.2 Å². The molecule has 1 aliphatic rings. The van der Waals surface area contributed by atoms with Crippen molar-refractivity contribution in [3.63, 3.8) is 0 Å². The van der Waals surface area contributed by atoms with Crippen LogP contribution < -0.4 is 22.1 Å². The van der Waals surface area contributed by atoms with E-state index in [-0.39, 0.29) is 29.0 Å². The number of pyridine rings is 1. The molecule has 0 saturated heterocycles.